The van der Waals surface area contributed by atoms with E-state index in [1.54, 1.807) is 7.11 Å². The molecule has 1 unspecified atom stereocenters. The van der Waals surface area contributed by atoms with Crippen LogP contribution in [-0.2, 0) is 9.47 Å². The van der Waals surface area contributed by atoms with Crippen LogP contribution in [0.4, 0.5) is 0 Å². The summed E-state index contributed by atoms with van der Waals surface area (Å²) in [5.74, 6) is 0.594. The summed E-state index contributed by atoms with van der Waals surface area (Å²) in [6.45, 7) is 1.60. The Balaban J connectivity index is 2.33. The lowest BCUT2D eigenvalue weighted by atomic mass is 9.99. The summed E-state index contributed by atoms with van der Waals surface area (Å²) in [6.07, 6.45) is 3.14. The van der Waals surface area contributed by atoms with Crippen molar-refractivity contribution in [2.45, 2.75) is 24.9 Å². The van der Waals surface area contributed by atoms with Gasteiger partial charge in [0.25, 0.3) is 0 Å². The van der Waals surface area contributed by atoms with E-state index in [4.69, 9.17) is 21.1 Å². The van der Waals surface area contributed by atoms with Gasteiger partial charge in [-0.05, 0) is 12.8 Å². The van der Waals surface area contributed by atoms with Crippen molar-refractivity contribution in [1.82, 2.24) is 0 Å². The third-order valence-electron chi connectivity index (χ3n) is 2.19. The number of ether oxygens (including phenoxy) is 2. The molecule has 0 bridgehead atoms. The van der Waals surface area contributed by atoms with E-state index in [0.717, 1.165) is 32.5 Å². The summed E-state index contributed by atoms with van der Waals surface area (Å²) in [6, 6.07) is 0. The Kier molecular flexibility index (Phi) is 3.63. The predicted molar refractivity (Wildman–Crippen MR) is 45.1 cm³/mol. The van der Waals surface area contributed by atoms with Gasteiger partial charge in [0.05, 0.1) is 11.5 Å². The van der Waals surface area contributed by atoms with E-state index >= 15 is 0 Å². The van der Waals surface area contributed by atoms with Crippen molar-refractivity contribution in [3.05, 3.63) is 0 Å². The second-order valence-electron chi connectivity index (χ2n) is 3.01. The average molecular weight is 179 g/mol. The molecule has 66 valence electrons. The Bertz CT molecular complexity index is 111. The van der Waals surface area contributed by atoms with Crippen LogP contribution in [0, 0.1) is 0 Å². The Morgan fingerprint density at radius 2 is 2.45 bits per heavy atom. The van der Waals surface area contributed by atoms with Crippen LogP contribution in [0.25, 0.3) is 0 Å². The Morgan fingerprint density at radius 3 is 2.91 bits per heavy atom. The van der Waals surface area contributed by atoms with Crippen LogP contribution in [-0.4, -0.2) is 31.8 Å². The minimum atomic E-state index is -0.0719. The highest BCUT2D eigenvalue weighted by Gasteiger charge is 2.33. The van der Waals surface area contributed by atoms with Gasteiger partial charge in [-0.25, -0.2) is 0 Å². The van der Waals surface area contributed by atoms with Gasteiger partial charge in [0.1, 0.15) is 0 Å². The number of halogens is 1. The van der Waals surface area contributed by atoms with Crippen molar-refractivity contribution in [3.63, 3.8) is 0 Å². The average Bonchev–Trinajstić information content (AvgIpc) is 2.50. The quantitative estimate of drug-likeness (QED) is 0.612. The number of rotatable bonds is 4. The summed E-state index contributed by atoms with van der Waals surface area (Å²) in [7, 11) is 1.71. The van der Waals surface area contributed by atoms with E-state index in [2.05, 4.69) is 0 Å². The fourth-order valence-corrected chi connectivity index (χ4v) is 1.76. The van der Waals surface area contributed by atoms with E-state index in [0.29, 0.717) is 5.88 Å². The van der Waals surface area contributed by atoms with Crippen LogP contribution < -0.4 is 0 Å². The number of methoxy groups -OCH3 is 1. The smallest absolute Gasteiger partial charge is 0.0839 e. The normalized spacial score (nSPS) is 31.1. The summed E-state index contributed by atoms with van der Waals surface area (Å²) in [4.78, 5) is 0. The lowest BCUT2D eigenvalue weighted by molar-refractivity contribution is -0.00169. The van der Waals surface area contributed by atoms with E-state index < -0.39 is 0 Å². The largest absolute Gasteiger partial charge is 0.385 e. The zero-order valence-corrected chi connectivity index (χ0v) is 7.69. The monoisotopic (exact) mass is 178 g/mol. The van der Waals surface area contributed by atoms with Gasteiger partial charge in [0.2, 0.25) is 0 Å². The fraction of sp³-hybridized carbons (Fsp3) is 1.00. The molecule has 1 aliphatic heterocycles. The molecule has 1 heterocycles. The molecule has 1 saturated heterocycles. The van der Waals surface area contributed by atoms with Gasteiger partial charge >= 0.3 is 0 Å². The summed E-state index contributed by atoms with van der Waals surface area (Å²) in [5.41, 5.74) is -0.0719. The van der Waals surface area contributed by atoms with E-state index in [1.165, 1.54) is 0 Å². The van der Waals surface area contributed by atoms with Crippen molar-refractivity contribution in [1.29, 1.82) is 0 Å². The van der Waals surface area contributed by atoms with Gasteiger partial charge in [0, 0.05) is 26.7 Å². The van der Waals surface area contributed by atoms with E-state index in [1.807, 2.05) is 0 Å². The Hall–Kier alpha value is 0.210. The molecule has 0 aromatic rings. The third kappa shape index (κ3) is 2.32. The lowest BCUT2D eigenvalue weighted by Gasteiger charge is -2.24. The minimum absolute atomic E-state index is 0.0719. The fourth-order valence-electron chi connectivity index (χ4n) is 1.41. The van der Waals surface area contributed by atoms with Crippen LogP contribution >= 0.6 is 11.6 Å². The highest BCUT2D eigenvalue weighted by Crippen LogP contribution is 2.30. The third-order valence-corrected chi connectivity index (χ3v) is 2.68. The van der Waals surface area contributed by atoms with E-state index in [-0.39, 0.29) is 5.60 Å². The highest BCUT2D eigenvalue weighted by molar-refractivity contribution is 6.18. The molecule has 1 fully saturated rings. The van der Waals surface area contributed by atoms with Crippen LogP contribution in [0.5, 0.6) is 0 Å². The molecule has 0 aliphatic carbocycles. The van der Waals surface area contributed by atoms with Gasteiger partial charge in [0.15, 0.2) is 0 Å². The molecule has 1 rings (SSSR count). The Labute approximate surface area is 72.8 Å². The van der Waals surface area contributed by atoms with Gasteiger partial charge in [-0.3, -0.25) is 0 Å². The van der Waals surface area contributed by atoms with Crippen LogP contribution in [0.1, 0.15) is 19.3 Å². The van der Waals surface area contributed by atoms with Crippen LogP contribution in [0.2, 0.25) is 0 Å². The molecule has 3 heteroatoms. The van der Waals surface area contributed by atoms with Gasteiger partial charge in [-0.15, -0.1) is 11.6 Å². The number of hydrogen-bond acceptors (Lipinski definition) is 2. The molecule has 0 aromatic heterocycles. The molecule has 0 saturated carbocycles. The Morgan fingerprint density at radius 1 is 1.64 bits per heavy atom. The van der Waals surface area contributed by atoms with Crippen LogP contribution in [0.3, 0.4) is 0 Å². The van der Waals surface area contributed by atoms with Crippen molar-refractivity contribution in [3.8, 4) is 0 Å². The predicted octanol–water partition coefficient (Wildman–Crippen LogP) is 1.81. The van der Waals surface area contributed by atoms with Gasteiger partial charge < -0.3 is 9.47 Å². The second-order valence-corrected chi connectivity index (χ2v) is 3.28. The van der Waals surface area contributed by atoms with Crippen molar-refractivity contribution >= 4 is 11.6 Å². The molecule has 2 nitrogen and oxygen atoms in total. The second kappa shape index (κ2) is 4.29. The molecule has 0 amide bonds. The SMILES string of the molecule is COCCC1(CCl)CCCO1. The maximum Gasteiger partial charge on any atom is 0.0839 e. The molecule has 0 aromatic carbocycles. The van der Waals surface area contributed by atoms with Gasteiger partial charge in [-0.1, -0.05) is 0 Å². The number of hydrogen-bond donors (Lipinski definition) is 0. The first-order valence-corrected chi connectivity index (χ1v) is 4.55. The zero-order chi connectivity index (χ0) is 8.16. The molecule has 0 N–H and O–H groups in total. The summed E-state index contributed by atoms with van der Waals surface area (Å²) in [5, 5.41) is 0. The minimum Gasteiger partial charge on any atom is -0.385 e. The van der Waals surface area contributed by atoms with E-state index in [9.17, 15) is 0 Å². The molecule has 0 radical (unpaired) electrons. The molecule has 11 heavy (non-hydrogen) atoms. The maximum atomic E-state index is 5.82. The lowest BCUT2D eigenvalue weighted by Crippen LogP contribution is -2.31. The summed E-state index contributed by atoms with van der Waals surface area (Å²) < 4.78 is 10.6. The number of alkyl halides is 1. The first-order chi connectivity index (χ1) is 5.33. The van der Waals surface area contributed by atoms with Gasteiger partial charge in [-0.2, -0.15) is 0 Å². The molecule has 1 atom stereocenters. The molecule has 1 aliphatic rings. The topological polar surface area (TPSA) is 18.5 Å². The molecule has 0 spiro atoms. The highest BCUT2D eigenvalue weighted by atomic mass is 35.5. The first kappa shape index (κ1) is 9.30. The zero-order valence-electron chi connectivity index (χ0n) is 6.94. The van der Waals surface area contributed by atoms with Crippen molar-refractivity contribution in [2.75, 3.05) is 26.2 Å². The standard InChI is InChI=1S/C8H15ClO2/c1-10-6-4-8(7-9)3-2-5-11-8/h2-7H2,1H3. The first-order valence-electron chi connectivity index (χ1n) is 4.02. The van der Waals surface area contributed by atoms with Crippen molar-refractivity contribution in [2.24, 2.45) is 0 Å². The molecular formula is C8H15ClO2. The van der Waals surface area contributed by atoms with Crippen molar-refractivity contribution < 1.29 is 9.47 Å². The van der Waals surface area contributed by atoms with Crippen LogP contribution in [0.15, 0.2) is 0 Å². The summed E-state index contributed by atoms with van der Waals surface area (Å²) >= 11 is 5.82. The molecular weight excluding hydrogens is 164 g/mol. The maximum absolute atomic E-state index is 5.82.